The smallest absolute Gasteiger partial charge is 0.166 e. The van der Waals surface area contributed by atoms with Crippen molar-refractivity contribution >= 4 is 0 Å². The van der Waals surface area contributed by atoms with Crippen LogP contribution in [0.4, 0.5) is 13.2 Å². The normalized spacial score (nSPS) is 15.5. The molecule has 0 aliphatic heterocycles. The summed E-state index contributed by atoms with van der Waals surface area (Å²) in [5, 5.41) is 0. The van der Waals surface area contributed by atoms with Gasteiger partial charge in [-0.3, -0.25) is 0 Å². The molecule has 1 saturated carbocycles. The number of alkyl halides is 3. The minimum Gasteiger partial charge on any atom is -0.166 e. The molecular weight excluding hydrogens is 249 g/mol. The second-order valence-electron chi connectivity index (χ2n) is 4.97. The molecule has 98 valence electrons. The van der Waals surface area contributed by atoms with Gasteiger partial charge in [0.1, 0.15) is 0 Å². The van der Waals surface area contributed by atoms with Gasteiger partial charge < -0.3 is 0 Å². The van der Waals surface area contributed by atoms with Crippen LogP contribution in [0.15, 0.2) is 48.5 Å². The summed E-state index contributed by atoms with van der Waals surface area (Å²) in [4.78, 5) is 0. The Bertz CT molecular complexity index is 578. The van der Waals surface area contributed by atoms with Crippen LogP contribution in [-0.2, 0) is 6.18 Å². The van der Waals surface area contributed by atoms with Crippen LogP contribution in [0.2, 0.25) is 0 Å². The fourth-order valence-electron chi connectivity index (χ4n) is 2.24. The summed E-state index contributed by atoms with van der Waals surface area (Å²) in [6, 6.07) is 13.4. The molecule has 0 radical (unpaired) electrons. The molecule has 0 N–H and O–H groups in total. The van der Waals surface area contributed by atoms with E-state index in [0.29, 0.717) is 5.92 Å². The average Bonchev–Trinajstić information content (AvgIpc) is 3.22. The Labute approximate surface area is 109 Å². The van der Waals surface area contributed by atoms with Gasteiger partial charge in [0.05, 0.1) is 5.56 Å². The molecule has 1 aliphatic rings. The minimum atomic E-state index is -4.27. The van der Waals surface area contributed by atoms with Crippen molar-refractivity contribution in [3.63, 3.8) is 0 Å². The lowest BCUT2D eigenvalue weighted by Gasteiger charge is -2.08. The molecule has 19 heavy (non-hydrogen) atoms. The number of halogens is 3. The van der Waals surface area contributed by atoms with E-state index in [1.807, 2.05) is 12.1 Å². The van der Waals surface area contributed by atoms with Crippen molar-refractivity contribution in [2.24, 2.45) is 0 Å². The van der Waals surface area contributed by atoms with Gasteiger partial charge in [-0.15, -0.1) is 0 Å². The van der Waals surface area contributed by atoms with E-state index in [1.54, 1.807) is 0 Å². The van der Waals surface area contributed by atoms with E-state index < -0.39 is 11.7 Å². The summed E-state index contributed by atoms with van der Waals surface area (Å²) >= 11 is 0. The van der Waals surface area contributed by atoms with Crippen molar-refractivity contribution in [2.45, 2.75) is 24.9 Å². The predicted molar refractivity (Wildman–Crippen MR) is 68.9 cm³/mol. The first kappa shape index (κ1) is 12.3. The average molecular weight is 262 g/mol. The van der Waals surface area contributed by atoms with Gasteiger partial charge in [0.25, 0.3) is 0 Å². The van der Waals surface area contributed by atoms with Crippen molar-refractivity contribution in [1.82, 2.24) is 0 Å². The molecule has 1 fully saturated rings. The van der Waals surface area contributed by atoms with Crippen LogP contribution in [0, 0.1) is 0 Å². The van der Waals surface area contributed by atoms with Crippen LogP contribution in [0.25, 0.3) is 11.1 Å². The van der Waals surface area contributed by atoms with Crippen molar-refractivity contribution in [2.75, 3.05) is 0 Å². The van der Waals surface area contributed by atoms with Crippen LogP contribution in [0.5, 0.6) is 0 Å². The number of hydrogen-bond donors (Lipinski definition) is 0. The van der Waals surface area contributed by atoms with Gasteiger partial charge in [-0.05, 0) is 47.6 Å². The molecule has 3 heteroatoms. The molecule has 0 heterocycles. The Morgan fingerprint density at radius 2 is 1.53 bits per heavy atom. The lowest BCUT2D eigenvalue weighted by Crippen LogP contribution is -2.03. The fourth-order valence-corrected chi connectivity index (χ4v) is 2.24. The van der Waals surface area contributed by atoms with Crippen molar-refractivity contribution in [3.05, 3.63) is 59.7 Å². The quantitative estimate of drug-likeness (QED) is 0.693. The van der Waals surface area contributed by atoms with Gasteiger partial charge in [-0.25, -0.2) is 0 Å². The second-order valence-corrected chi connectivity index (χ2v) is 4.97. The van der Waals surface area contributed by atoms with Crippen LogP contribution in [-0.4, -0.2) is 0 Å². The second kappa shape index (κ2) is 4.41. The predicted octanol–water partition coefficient (Wildman–Crippen LogP) is 5.25. The summed E-state index contributed by atoms with van der Waals surface area (Å²) in [5.41, 5.74) is 2.50. The van der Waals surface area contributed by atoms with E-state index in [2.05, 4.69) is 12.1 Å². The van der Waals surface area contributed by atoms with E-state index in [0.717, 1.165) is 23.3 Å². The molecule has 0 nitrogen and oxygen atoms in total. The zero-order chi connectivity index (χ0) is 13.5. The maximum Gasteiger partial charge on any atom is 0.416 e. The van der Waals surface area contributed by atoms with Crippen LogP contribution < -0.4 is 0 Å². The zero-order valence-electron chi connectivity index (χ0n) is 10.2. The first-order chi connectivity index (χ1) is 9.04. The highest BCUT2D eigenvalue weighted by Gasteiger charge is 2.30. The molecule has 0 spiro atoms. The summed E-state index contributed by atoms with van der Waals surface area (Å²) in [6.07, 6.45) is -1.83. The van der Waals surface area contributed by atoms with Crippen molar-refractivity contribution < 1.29 is 13.2 Å². The molecular formula is C16H13F3. The fraction of sp³-hybridized carbons (Fsp3) is 0.250. The Balaban J connectivity index is 1.91. The summed E-state index contributed by atoms with van der Waals surface area (Å²) < 4.78 is 37.5. The highest BCUT2D eigenvalue weighted by molar-refractivity contribution is 5.65. The summed E-state index contributed by atoms with van der Waals surface area (Å²) in [7, 11) is 0. The molecule has 2 aromatic rings. The SMILES string of the molecule is FC(F)(F)c1ccc(-c2cccc(C3CC3)c2)cc1. The molecule has 0 bridgehead atoms. The number of hydrogen-bond acceptors (Lipinski definition) is 0. The molecule has 0 unspecified atom stereocenters. The van der Waals surface area contributed by atoms with Gasteiger partial charge >= 0.3 is 6.18 Å². The first-order valence-corrected chi connectivity index (χ1v) is 6.31. The van der Waals surface area contributed by atoms with Gasteiger partial charge in [0.15, 0.2) is 0 Å². The highest BCUT2D eigenvalue weighted by atomic mass is 19.4. The van der Waals surface area contributed by atoms with Gasteiger partial charge in [0, 0.05) is 0 Å². The Morgan fingerprint density at radius 3 is 2.11 bits per heavy atom. The third-order valence-corrected chi connectivity index (χ3v) is 3.48. The van der Waals surface area contributed by atoms with Crippen LogP contribution in [0.3, 0.4) is 0 Å². The molecule has 0 atom stereocenters. The topological polar surface area (TPSA) is 0 Å². The maximum absolute atomic E-state index is 12.5. The van der Waals surface area contributed by atoms with E-state index in [1.165, 1.54) is 30.5 Å². The Kier molecular flexibility index (Phi) is 2.85. The highest BCUT2D eigenvalue weighted by Crippen LogP contribution is 2.41. The zero-order valence-corrected chi connectivity index (χ0v) is 10.2. The van der Waals surface area contributed by atoms with E-state index in [-0.39, 0.29) is 0 Å². The third kappa shape index (κ3) is 2.65. The maximum atomic E-state index is 12.5. The monoisotopic (exact) mass is 262 g/mol. The van der Waals surface area contributed by atoms with Gasteiger partial charge in [-0.2, -0.15) is 13.2 Å². The molecule has 0 aromatic heterocycles. The molecule has 2 aromatic carbocycles. The van der Waals surface area contributed by atoms with E-state index in [4.69, 9.17) is 0 Å². The molecule has 1 aliphatic carbocycles. The van der Waals surface area contributed by atoms with Crippen LogP contribution in [0.1, 0.15) is 29.9 Å². The van der Waals surface area contributed by atoms with Crippen LogP contribution >= 0.6 is 0 Å². The van der Waals surface area contributed by atoms with Gasteiger partial charge in [0.2, 0.25) is 0 Å². The van der Waals surface area contributed by atoms with E-state index >= 15 is 0 Å². The first-order valence-electron chi connectivity index (χ1n) is 6.31. The largest absolute Gasteiger partial charge is 0.416 e. The number of rotatable bonds is 2. The number of benzene rings is 2. The minimum absolute atomic E-state index is 0.602. The molecule has 0 saturated heterocycles. The lowest BCUT2D eigenvalue weighted by atomic mass is 10.00. The lowest BCUT2D eigenvalue weighted by molar-refractivity contribution is -0.137. The van der Waals surface area contributed by atoms with Crippen molar-refractivity contribution in [1.29, 1.82) is 0 Å². The standard InChI is InChI=1S/C16H13F3/c17-16(18,19)15-8-6-12(7-9-15)14-3-1-2-13(10-14)11-4-5-11/h1-3,6-11H,4-5H2. The van der Waals surface area contributed by atoms with Gasteiger partial charge in [-0.1, -0.05) is 36.4 Å². The van der Waals surface area contributed by atoms with Crippen molar-refractivity contribution in [3.8, 4) is 11.1 Å². The molecule has 3 rings (SSSR count). The third-order valence-electron chi connectivity index (χ3n) is 3.48. The Morgan fingerprint density at radius 1 is 0.842 bits per heavy atom. The Hall–Kier alpha value is -1.77. The molecule has 0 amide bonds. The summed E-state index contributed by atoms with van der Waals surface area (Å²) in [6.45, 7) is 0. The van der Waals surface area contributed by atoms with E-state index in [9.17, 15) is 13.2 Å². The summed E-state index contributed by atoms with van der Waals surface area (Å²) in [5.74, 6) is 0.648.